The van der Waals surface area contributed by atoms with Gasteiger partial charge in [-0.25, -0.2) is 4.39 Å². The Balaban J connectivity index is 3.09. The van der Waals surface area contributed by atoms with Gasteiger partial charge in [0.25, 0.3) is 5.91 Å². The minimum absolute atomic E-state index is 0.335. The molecule has 0 saturated carbocycles. The lowest BCUT2D eigenvalue weighted by atomic mass is 10.1. The monoisotopic (exact) mass is 277 g/mol. The van der Waals surface area contributed by atoms with Gasteiger partial charge in [0.1, 0.15) is 12.4 Å². The number of hydrogen-bond acceptors (Lipinski definition) is 1. The lowest BCUT2D eigenvalue weighted by Crippen LogP contribution is -2.43. The van der Waals surface area contributed by atoms with E-state index in [1.54, 1.807) is 6.92 Å². The van der Waals surface area contributed by atoms with Crippen molar-refractivity contribution in [1.82, 2.24) is 4.90 Å². The fourth-order valence-electron chi connectivity index (χ4n) is 1.64. The Morgan fingerprint density at radius 1 is 1.32 bits per heavy atom. The first kappa shape index (κ1) is 15.5. The van der Waals surface area contributed by atoms with E-state index in [1.807, 2.05) is 0 Å². The van der Waals surface area contributed by atoms with E-state index in [1.165, 1.54) is 26.0 Å². The first-order valence-corrected chi connectivity index (χ1v) is 5.75. The van der Waals surface area contributed by atoms with E-state index in [2.05, 4.69) is 0 Å². The van der Waals surface area contributed by atoms with Crippen molar-refractivity contribution >= 4 is 5.91 Å². The van der Waals surface area contributed by atoms with Gasteiger partial charge in [0.05, 0.1) is 5.56 Å². The SMILES string of the molecule is Cc1ccc(F)c(C(=O)N(CC(F)(F)F)C(C)C)c1. The van der Waals surface area contributed by atoms with Gasteiger partial charge in [-0.1, -0.05) is 11.6 Å². The van der Waals surface area contributed by atoms with Crippen LogP contribution in [0.25, 0.3) is 0 Å². The maximum atomic E-state index is 13.5. The molecule has 1 rings (SSSR count). The van der Waals surface area contributed by atoms with Gasteiger partial charge >= 0.3 is 6.18 Å². The Labute approximate surface area is 109 Å². The van der Waals surface area contributed by atoms with Gasteiger partial charge in [-0.2, -0.15) is 13.2 Å². The van der Waals surface area contributed by atoms with Crippen molar-refractivity contribution in [2.75, 3.05) is 6.54 Å². The number of rotatable bonds is 3. The average Bonchev–Trinajstić information content (AvgIpc) is 2.27. The number of carbonyl (C=O) groups is 1. The van der Waals surface area contributed by atoms with Crippen molar-refractivity contribution in [3.63, 3.8) is 0 Å². The van der Waals surface area contributed by atoms with Gasteiger partial charge in [-0.05, 0) is 32.9 Å². The number of alkyl halides is 3. The van der Waals surface area contributed by atoms with E-state index >= 15 is 0 Å². The van der Waals surface area contributed by atoms with Crippen LogP contribution in [0.15, 0.2) is 18.2 Å². The van der Waals surface area contributed by atoms with Crippen molar-refractivity contribution in [2.45, 2.75) is 33.0 Å². The molecule has 0 radical (unpaired) electrons. The Morgan fingerprint density at radius 2 is 1.89 bits per heavy atom. The topological polar surface area (TPSA) is 20.3 Å². The summed E-state index contributed by atoms with van der Waals surface area (Å²) in [6.45, 7) is 3.16. The fourth-order valence-corrected chi connectivity index (χ4v) is 1.64. The number of aryl methyl sites for hydroxylation is 1. The van der Waals surface area contributed by atoms with Gasteiger partial charge in [-0.3, -0.25) is 4.79 Å². The molecule has 0 bridgehead atoms. The van der Waals surface area contributed by atoms with Crippen molar-refractivity contribution in [3.8, 4) is 0 Å². The predicted octanol–water partition coefficient (Wildman–Crippen LogP) is 3.55. The summed E-state index contributed by atoms with van der Waals surface area (Å²) in [6, 6.07) is 3.11. The lowest BCUT2D eigenvalue weighted by Gasteiger charge is -2.28. The zero-order valence-corrected chi connectivity index (χ0v) is 10.9. The standard InChI is InChI=1S/C13H15F4NO/c1-8(2)18(7-13(15,16)17)12(19)10-6-9(3)4-5-11(10)14/h4-6,8H,7H2,1-3H3. The van der Waals surface area contributed by atoms with Crippen LogP contribution < -0.4 is 0 Å². The van der Waals surface area contributed by atoms with Crippen LogP contribution >= 0.6 is 0 Å². The summed E-state index contributed by atoms with van der Waals surface area (Å²) in [5, 5.41) is 0. The maximum absolute atomic E-state index is 13.5. The summed E-state index contributed by atoms with van der Waals surface area (Å²) in [7, 11) is 0. The molecule has 19 heavy (non-hydrogen) atoms. The van der Waals surface area contributed by atoms with E-state index in [9.17, 15) is 22.4 Å². The third kappa shape index (κ3) is 4.22. The summed E-state index contributed by atoms with van der Waals surface area (Å²) in [4.78, 5) is 12.6. The summed E-state index contributed by atoms with van der Waals surface area (Å²) in [6.07, 6.45) is -4.51. The fraction of sp³-hybridized carbons (Fsp3) is 0.462. The maximum Gasteiger partial charge on any atom is 0.406 e. The largest absolute Gasteiger partial charge is 0.406 e. The van der Waals surface area contributed by atoms with E-state index < -0.39 is 30.5 Å². The van der Waals surface area contributed by atoms with Crippen LogP contribution in [0.3, 0.4) is 0 Å². The highest BCUT2D eigenvalue weighted by atomic mass is 19.4. The van der Waals surface area contributed by atoms with E-state index in [0.717, 1.165) is 6.07 Å². The van der Waals surface area contributed by atoms with Crippen LogP contribution in [0.5, 0.6) is 0 Å². The molecular weight excluding hydrogens is 262 g/mol. The Bertz CT molecular complexity index is 468. The quantitative estimate of drug-likeness (QED) is 0.774. The molecule has 1 aromatic rings. The molecule has 1 aromatic carbocycles. The third-order valence-electron chi connectivity index (χ3n) is 2.59. The first-order valence-electron chi connectivity index (χ1n) is 5.75. The van der Waals surface area contributed by atoms with Gasteiger partial charge < -0.3 is 4.90 Å². The van der Waals surface area contributed by atoms with E-state index in [0.29, 0.717) is 10.5 Å². The zero-order chi connectivity index (χ0) is 14.8. The molecule has 2 nitrogen and oxygen atoms in total. The molecule has 0 aromatic heterocycles. The van der Waals surface area contributed by atoms with Crippen LogP contribution in [0, 0.1) is 12.7 Å². The molecular formula is C13H15F4NO. The van der Waals surface area contributed by atoms with Crippen LogP contribution in [-0.2, 0) is 0 Å². The van der Waals surface area contributed by atoms with Crippen molar-refractivity contribution < 1.29 is 22.4 Å². The minimum atomic E-state index is -4.51. The molecule has 0 heterocycles. The van der Waals surface area contributed by atoms with Crippen LogP contribution in [0.4, 0.5) is 17.6 Å². The third-order valence-corrected chi connectivity index (χ3v) is 2.59. The molecule has 0 unspecified atom stereocenters. The van der Waals surface area contributed by atoms with Crippen LogP contribution in [-0.4, -0.2) is 29.6 Å². The van der Waals surface area contributed by atoms with Gasteiger partial charge in [0, 0.05) is 6.04 Å². The summed E-state index contributed by atoms with van der Waals surface area (Å²) in [5.41, 5.74) is 0.276. The first-order chi connectivity index (χ1) is 8.61. The van der Waals surface area contributed by atoms with Crippen molar-refractivity contribution in [2.24, 2.45) is 0 Å². The summed E-state index contributed by atoms with van der Waals surface area (Å²) >= 11 is 0. The Morgan fingerprint density at radius 3 is 2.37 bits per heavy atom. The highest BCUT2D eigenvalue weighted by Gasteiger charge is 2.35. The number of halogens is 4. The smallest absolute Gasteiger partial charge is 0.327 e. The molecule has 0 spiro atoms. The Kier molecular flexibility index (Phi) is 4.55. The zero-order valence-electron chi connectivity index (χ0n) is 10.9. The summed E-state index contributed by atoms with van der Waals surface area (Å²) < 4.78 is 50.9. The molecule has 0 aliphatic rings. The van der Waals surface area contributed by atoms with Crippen molar-refractivity contribution in [3.05, 3.63) is 35.1 Å². The number of hydrogen-bond donors (Lipinski definition) is 0. The second kappa shape index (κ2) is 5.59. The number of nitrogens with zero attached hydrogens (tertiary/aromatic N) is 1. The minimum Gasteiger partial charge on any atom is -0.327 e. The number of amides is 1. The highest BCUT2D eigenvalue weighted by Crippen LogP contribution is 2.21. The summed E-state index contributed by atoms with van der Waals surface area (Å²) in [5.74, 6) is -1.77. The number of carbonyl (C=O) groups excluding carboxylic acids is 1. The predicted molar refractivity (Wildman–Crippen MR) is 63.4 cm³/mol. The molecule has 0 atom stereocenters. The van der Waals surface area contributed by atoms with Crippen LogP contribution in [0.2, 0.25) is 0 Å². The van der Waals surface area contributed by atoms with Crippen LogP contribution in [0.1, 0.15) is 29.8 Å². The molecule has 0 aliphatic carbocycles. The van der Waals surface area contributed by atoms with Gasteiger partial charge in [0.2, 0.25) is 0 Å². The second-order valence-electron chi connectivity index (χ2n) is 4.63. The molecule has 1 amide bonds. The number of benzene rings is 1. The highest BCUT2D eigenvalue weighted by molar-refractivity contribution is 5.94. The molecule has 0 N–H and O–H groups in total. The Hall–Kier alpha value is -1.59. The van der Waals surface area contributed by atoms with Gasteiger partial charge in [-0.15, -0.1) is 0 Å². The lowest BCUT2D eigenvalue weighted by molar-refractivity contribution is -0.143. The molecule has 6 heteroatoms. The molecule has 0 saturated heterocycles. The second-order valence-corrected chi connectivity index (χ2v) is 4.63. The molecule has 0 aliphatic heterocycles. The van der Waals surface area contributed by atoms with Gasteiger partial charge in [0.15, 0.2) is 0 Å². The van der Waals surface area contributed by atoms with Crippen molar-refractivity contribution in [1.29, 1.82) is 0 Å². The van der Waals surface area contributed by atoms with E-state index in [-0.39, 0.29) is 5.56 Å². The molecule has 106 valence electrons. The van der Waals surface area contributed by atoms with E-state index in [4.69, 9.17) is 0 Å². The average molecular weight is 277 g/mol. The molecule has 0 fully saturated rings. The normalized spacial score (nSPS) is 11.8.